The largest absolute Gasteiger partial charge is 0.336 e. The summed E-state index contributed by atoms with van der Waals surface area (Å²) in [7, 11) is 1.60. The van der Waals surface area contributed by atoms with Gasteiger partial charge in [-0.3, -0.25) is 9.59 Å². The van der Waals surface area contributed by atoms with Crippen LogP contribution in [-0.2, 0) is 9.59 Å². The van der Waals surface area contributed by atoms with Crippen molar-refractivity contribution in [2.24, 2.45) is 11.7 Å². The minimum atomic E-state index is -0.297. The number of likely N-dealkylation sites (N-methyl/N-ethyl adjacent to an activating group) is 1. The van der Waals surface area contributed by atoms with Crippen LogP contribution < -0.4 is 11.1 Å². The molecule has 20 heavy (non-hydrogen) atoms. The summed E-state index contributed by atoms with van der Waals surface area (Å²) in [5, 5.41) is 2.73. The summed E-state index contributed by atoms with van der Waals surface area (Å²) in [5.74, 6) is -0.647. The van der Waals surface area contributed by atoms with Gasteiger partial charge in [-0.05, 0) is 19.1 Å². The minimum absolute atomic E-state index is 0. The van der Waals surface area contributed by atoms with E-state index in [0.717, 1.165) is 0 Å². The molecule has 5 nitrogen and oxygen atoms in total. The van der Waals surface area contributed by atoms with Crippen molar-refractivity contribution in [3.8, 4) is 0 Å². The zero-order valence-corrected chi connectivity index (χ0v) is 12.8. The Kier molecular flexibility index (Phi) is 7.87. The minimum Gasteiger partial charge on any atom is -0.336 e. The molecule has 0 radical (unpaired) electrons. The van der Waals surface area contributed by atoms with E-state index in [4.69, 9.17) is 5.73 Å². The number of nitrogens with zero attached hydrogens (tertiary/aromatic N) is 1. The van der Waals surface area contributed by atoms with E-state index in [0.29, 0.717) is 5.69 Å². The van der Waals surface area contributed by atoms with Crippen molar-refractivity contribution in [2.75, 3.05) is 18.9 Å². The Morgan fingerprint density at radius 1 is 1.25 bits per heavy atom. The second kappa shape index (κ2) is 8.55. The van der Waals surface area contributed by atoms with Crippen molar-refractivity contribution in [1.29, 1.82) is 0 Å². The molecule has 0 bridgehead atoms. The maximum atomic E-state index is 11.9. The topological polar surface area (TPSA) is 75.4 Å². The number of halogens is 1. The zero-order valence-electron chi connectivity index (χ0n) is 12.0. The molecule has 0 heterocycles. The molecule has 0 aromatic heterocycles. The molecule has 1 aromatic rings. The standard InChI is InChI=1S/C14H21N3O2.ClH/c1-10(11(2)15)14(19)17(3)9-13(18)16-12-7-5-4-6-8-12;/h4-8,10-11H,9,15H2,1-3H3,(H,16,18);1H. The third-order valence-corrected chi connectivity index (χ3v) is 2.99. The molecule has 3 N–H and O–H groups in total. The van der Waals surface area contributed by atoms with Gasteiger partial charge in [-0.25, -0.2) is 0 Å². The first kappa shape index (κ1) is 18.4. The van der Waals surface area contributed by atoms with Crippen LogP contribution in [0.4, 0.5) is 5.69 Å². The van der Waals surface area contributed by atoms with E-state index in [-0.39, 0.29) is 42.7 Å². The van der Waals surface area contributed by atoms with Gasteiger partial charge in [0.15, 0.2) is 0 Å². The van der Waals surface area contributed by atoms with Crippen molar-refractivity contribution in [2.45, 2.75) is 19.9 Å². The Hall–Kier alpha value is -1.59. The number of carbonyl (C=O) groups excluding carboxylic acids is 2. The number of rotatable bonds is 5. The average Bonchev–Trinajstić information content (AvgIpc) is 2.37. The summed E-state index contributed by atoms with van der Waals surface area (Å²) in [6.07, 6.45) is 0. The van der Waals surface area contributed by atoms with Crippen LogP contribution >= 0.6 is 12.4 Å². The molecule has 2 unspecified atom stereocenters. The van der Waals surface area contributed by atoms with E-state index in [2.05, 4.69) is 5.32 Å². The van der Waals surface area contributed by atoms with Crippen LogP contribution in [-0.4, -0.2) is 36.3 Å². The highest BCUT2D eigenvalue weighted by Gasteiger charge is 2.22. The molecule has 0 spiro atoms. The molecule has 2 amide bonds. The van der Waals surface area contributed by atoms with Crippen molar-refractivity contribution in [3.63, 3.8) is 0 Å². The molecule has 0 aliphatic rings. The predicted octanol–water partition coefficient (Wildman–Crippen LogP) is 1.49. The van der Waals surface area contributed by atoms with Crippen LogP contribution in [0.25, 0.3) is 0 Å². The molecule has 6 heteroatoms. The first-order valence-corrected chi connectivity index (χ1v) is 6.27. The fourth-order valence-electron chi connectivity index (χ4n) is 1.59. The maximum Gasteiger partial charge on any atom is 0.243 e. The Bertz CT molecular complexity index is 437. The SMILES string of the molecule is CC(N)C(C)C(=O)N(C)CC(=O)Nc1ccccc1.Cl. The van der Waals surface area contributed by atoms with Crippen molar-refractivity contribution < 1.29 is 9.59 Å². The van der Waals surface area contributed by atoms with Gasteiger partial charge in [-0.15, -0.1) is 12.4 Å². The van der Waals surface area contributed by atoms with E-state index in [9.17, 15) is 9.59 Å². The Labute approximate surface area is 125 Å². The van der Waals surface area contributed by atoms with E-state index in [1.807, 2.05) is 18.2 Å². The highest BCUT2D eigenvalue weighted by atomic mass is 35.5. The molecule has 0 aliphatic heterocycles. The number of anilines is 1. The molecular formula is C14H22ClN3O2. The van der Waals surface area contributed by atoms with E-state index in [1.165, 1.54) is 4.90 Å². The quantitative estimate of drug-likeness (QED) is 0.865. The van der Waals surface area contributed by atoms with Gasteiger partial charge >= 0.3 is 0 Å². The smallest absolute Gasteiger partial charge is 0.243 e. The lowest BCUT2D eigenvalue weighted by atomic mass is 10.0. The number of hydrogen-bond donors (Lipinski definition) is 2. The fourth-order valence-corrected chi connectivity index (χ4v) is 1.59. The number of para-hydroxylation sites is 1. The third kappa shape index (κ3) is 5.59. The second-order valence-corrected chi connectivity index (χ2v) is 4.76. The van der Waals surface area contributed by atoms with Crippen LogP contribution in [0.3, 0.4) is 0 Å². The van der Waals surface area contributed by atoms with Crippen LogP contribution in [0.2, 0.25) is 0 Å². The van der Waals surface area contributed by atoms with E-state index < -0.39 is 0 Å². The number of carbonyl (C=O) groups is 2. The number of benzene rings is 1. The molecule has 112 valence electrons. The molecule has 0 saturated carbocycles. The molecule has 0 fully saturated rings. The van der Waals surface area contributed by atoms with Gasteiger partial charge in [0.25, 0.3) is 0 Å². The van der Waals surface area contributed by atoms with Crippen LogP contribution in [0.5, 0.6) is 0 Å². The molecule has 0 aliphatic carbocycles. The van der Waals surface area contributed by atoms with Gasteiger partial charge in [0.1, 0.15) is 0 Å². The first-order chi connectivity index (χ1) is 8.91. The predicted molar refractivity (Wildman–Crippen MR) is 82.8 cm³/mol. The number of nitrogens with one attached hydrogen (secondary N) is 1. The molecular weight excluding hydrogens is 278 g/mol. The molecule has 1 aromatic carbocycles. The van der Waals surface area contributed by atoms with E-state index in [1.54, 1.807) is 33.0 Å². The fraction of sp³-hybridized carbons (Fsp3) is 0.429. The summed E-state index contributed by atoms with van der Waals surface area (Å²) < 4.78 is 0. The highest BCUT2D eigenvalue weighted by molar-refractivity contribution is 5.94. The van der Waals surface area contributed by atoms with Crippen molar-refractivity contribution in [3.05, 3.63) is 30.3 Å². The normalized spacial score (nSPS) is 12.8. The zero-order chi connectivity index (χ0) is 14.4. The Morgan fingerprint density at radius 3 is 2.30 bits per heavy atom. The highest BCUT2D eigenvalue weighted by Crippen LogP contribution is 2.07. The third-order valence-electron chi connectivity index (χ3n) is 2.99. The molecule has 1 rings (SSSR count). The summed E-state index contributed by atoms with van der Waals surface area (Å²) in [6.45, 7) is 3.56. The summed E-state index contributed by atoms with van der Waals surface area (Å²) in [4.78, 5) is 25.1. The number of amides is 2. The van der Waals surface area contributed by atoms with E-state index >= 15 is 0 Å². The van der Waals surface area contributed by atoms with Gasteiger partial charge in [0.2, 0.25) is 11.8 Å². The lowest BCUT2D eigenvalue weighted by molar-refractivity contribution is -0.136. The summed E-state index contributed by atoms with van der Waals surface area (Å²) in [6, 6.07) is 8.90. The number of nitrogens with two attached hydrogens (primary N) is 1. The second-order valence-electron chi connectivity index (χ2n) is 4.76. The first-order valence-electron chi connectivity index (χ1n) is 6.27. The van der Waals surface area contributed by atoms with Gasteiger partial charge in [0, 0.05) is 18.8 Å². The monoisotopic (exact) mass is 299 g/mol. The van der Waals surface area contributed by atoms with Crippen LogP contribution in [0, 0.1) is 5.92 Å². The number of hydrogen-bond acceptors (Lipinski definition) is 3. The molecule has 0 saturated heterocycles. The molecule has 2 atom stereocenters. The summed E-state index contributed by atoms with van der Waals surface area (Å²) in [5.41, 5.74) is 6.40. The van der Waals surface area contributed by atoms with Gasteiger partial charge in [0.05, 0.1) is 12.5 Å². The van der Waals surface area contributed by atoms with Gasteiger partial charge in [-0.1, -0.05) is 25.1 Å². The van der Waals surface area contributed by atoms with Gasteiger partial charge in [-0.2, -0.15) is 0 Å². The summed E-state index contributed by atoms with van der Waals surface area (Å²) >= 11 is 0. The lowest BCUT2D eigenvalue weighted by Crippen LogP contribution is -2.42. The van der Waals surface area contributed by atoms with Crippen LogP contribution in [0.1, 0.15) is 13.8 Å². The van der Waals surface area contributed by atoms with Crippen molar-refractivity contribution in [1.82, 2.24) is 4.90 Å². The Balaban J connectivity index is 0.00000361. The van der Waals surface area contributed by atoms with Crippen molar-refractivity contribution >= 4 is 29.9 Å². The average molecular weight is 300 g/mol. The maximum absolute atomic E-state index is 11.9. The van der Waals surface area contributed by atoms with Crippen LogP contribution in [0.15, 0.2) is 30.3 Å². The lowest BCUT2D eigenvalue weighted by Gasteiger charge is -2.22. The Morgan fingerprint density at radius 2 is 1.80 bits per heavy atom. The van der Waals surface area contributed by atoms with Gasteiger partial charge < -0.3 is 16.0 Å².